The third-order valence-corrected chi connectivity index (χ3v) is 4.61. The maximum atomic E-state index is 5.73. The van der Waals surface area contributed by atoms with E-state index in [0.717, 1.165) is 18.4 Å². The van der Waals surface area contributed by atoms with Crippen molar-refractivity contribution in [1.29, 1.82) is 0 Å². The Morgan fingerprint density at radius 1 is 1.08 bits per heavy atom. The standard InChI is InChI=1S/C11H20O/c1-8-5-6-9(2)11(7-12-11)10(8,3)4/h8-9H,5-7H2,1-4H3/t8-,9-,11-/m1/s1. The van der Waals surface area contributed by atoms with Gasteiger partial charge >= 0.3 is 0 Å². The van der Waals surface area contributed by atoms with Crippen molar-refractivity contribution in [3.63, 3.8) is 0 Å². The van der Waals surface area contributed by atoms with E-state index in [2.05, 4.69) is 27.7 Å². The SMILES string of the molecule is C[C@@H]1CC[C@@H](C)[C@]2(CO2)C1(C)C. The molecule has 1 nitrogen and oxygen atoms in total. The van der Waals surface area contributed by atoms with Crippen molar-refractivity contribution in [1.82, 2.24) is 0 Å². The molecule has 0 unspecified atom stereocenters. The normalized spacial score (nSPS) is 51.0. The second kappa shape index (κ2) is 2.25. The van der Waals surface area contributed by atoms with Crippen molar-refractivity contribution in [3.8, 4) is 0 Å². The van der Waals surface area contributed by atoms with Crippen LogP contribution in [0.4, 0.5) is 0 Å². The molecule has 1 aliphatic carbocycles. The van der Waals surface area contributed by atoms with Crippen molar-refractivity contribution >= 4 is 0 Å². The molecule has 0 bridgehead atoms. The lowest BCUT2D eigenvalue weighted by Crippen LogP contribution is -2.47. The molecule has 2 rings (SSSR count). The quantitative estimate of drug-likeness (QED) is 0.507. The van der Waals surface area contributed by atoms with E-state index in [4.69, 9.17) is 4.74 Å². The van der Waals surface area contributed by atoms with Gasteiger partial charge in [-0.15, -0.1) is 0 Å². The van der Waals surface area contributed by atoms with Crippen LogP contribution in [0.1, 0.15) is 40.5 Å². The van der Waals surface area contributed by atoms with Gasteiger partial charge in [0.1, 0.15) is 0 Å². The molecule has 1 saturated carbocycles. The summed E-state index contributed by atoms with van der Waals surface area (Å²) in [6.07, 6.45) is 2.73. The van der Waals surface area contributed by atoms with Gasteiger partial charge in [0.15, 0.2) is 0 Å². The lowest BCUT2D eigenvalue weighted by Gasteiger charge is -2.45. The Bertz CT molecular complexity index is 181. The summed E-state index contributed by atoms with van der Waals surface area (Å²) in [5, 5.41) is 0. The van der Waals surface area contributed by atoms with E-state index in [1.54, 1.807) is 0 Å². The Kier molecular flexibility index (Phi) is 1.61. The molecule has 70 valence electrons. The van der Waals surface area contributed by atoms with Gasteiger partial charge in [0.2, 0.25) is 0 Å². The van der Waals surface area contributed by atoms with Crippen LogP contribution in [0, 0.1) is 17.3 Å². The van der Waals surface area contributed by atoms with Crippen LogP contribution < -0.4 is 0 Å². The Hall–Kier alpha value is -0.0400. The van der Waals surface area contributed by atoms with E-state index in [1.165, 1.54) is 12.8 Å². The molecule has 3 atom stereocenters. The molecule has 0 aromatic carbocycles. The molecule has 0 amide bonds. The Labute approximate surface area is 75.5 Å². The van der Waals surface area contributed by atoms with Crippen LogP contribution in [0.15, 0.2) is 0 Å². The molecule has 0 aromatic rings. The third-order valence-electron chi connectivity index (χ3n) is 4.61. The third kappa shape index (κ3) is 0.834. The lowest BCUT2D eigenvalue weighted by molar-refractivity contribution is -0.00473. The van der Waals surface area contributed by atoms with Crippen LogP contribution in [0.25, 0.3) is 0 Å². The molecule has 1 saturated heterocycles. The van der Waals surface area contributed by atoms with E-state index in [0.29, 0.717) is 5.41 Å². The van der Waals surface area contributed by atoms with Crippen LogP contribution in [0.3, 0.4) is 0 Å². The van der Waals surface area contributed by atoms with E-state index in [9.17, 15) is 0 Å². The zero-order valence-electron chi connectivity index (χ0n) is 8.68. The van der Waals surface area contributed by atoms with Gasteiger partial charge < -0.3 is 4.74 Å². The van der Waals surface area contributed by atoms with Crippen molar-refractivity contribution < 1.29 is 4.74 Å². The van der Waals surface area contributed by atoms with Gasteiger partial charge in [0.25, 0.3) is 0 Å². The first-order valence-corrected chi connectivity index (χ1v) is 5.14. The zero-order valence-corrected chi connectivity index (χ0v) is 8.68. The summed E-state index contributed by atoms with van der Waals surface area (Å²) in [4.78, 5) is 0. The van der Waals surface area contributed by atoms with Crippen molar-refractivity contribution in [3.05, 3.63) is 0 Å². The highest BCUT2D eigenvalue weighted by molar-refractivity contribution is 5.11. The fourth-order valence-electron chi connectivity index (χ4n) is 2.88. The highest BCUT2D eigenvalue weighted by Gasteiger charge is 2.63. The highest BCUT2D eigenvalue weighted by atomic mass is 16.6. The lowest BCUT2D eigenvalue weighted by atomic mass is 9.59. The molecule has 0 N–H and O–H groups in total. The molecular weight excluding hydrogens is 148 g/mol. The molecule has 0 radical (unpaired) electrons. The molecule has 1 spiro atoms. The highest BCUT2D eigenvalue weighted by Crippen LogP contribution is 2.58. The number of rotatable bonds is 0. The van der Waals surface area contributed by atoms with Crippen LogP contribution in [0.5, 0.6) is 0 Å². The predicted molar refractivity (Wildman–Crippen MR) is 50.0 cm³/mol. The first-order valence-electron chi connectivity index (χ1n) is 5.14. The van der Waals surface area contributed by atoms with Crippen LogP contribution >= 0.6 is 0 Å². The molecule has 2 fully saturated rings. The maximum absolute atomic E-state index is 5.73. The summed E-state index contributed by atoms with van der Waals surface area (Å²) in [5.74, 6) is 1.58. The van der Waals surface area contributed by atoms with Crippen molar-refractivity contribution in [2.24, 2.45) is 17.3 Å². The average Bonchev–Trinajstić information content (AvgIpc) is 2.76. The molecule has 0 aromatic heterocycles. The molecule has 2 aliphatic rings. The van der Waals surface area contributed by atoms with E-state index >= 15 is 0 Å². The maximum Gasteiger partial charge on any atom is 0.0994 e. The first kappa shape index (κ1) is 8.55. The van der Waals surface area contributed by atoms with Gasteiger partial charge in [-0.1, -0.05) is 27.7 Å². The van der Waals surface area contributed by atoms with Crippen LogP contribution in [-0.4, -0.2) is 12.2 Å². The topological polar surface area (TPSA) is 12.5 Å². The average molecular weight is 168 g/mol. The number of ether oxygens (including phenoxy) is 1. The Morgan fingerprint density at radius 2 is 1.58 bits per heavy atom. The monoisotopic (exact) mass is 168 g/mol. The predicted octanol–water partition coefficient (Wildman–Crippen LogP) is 2.85. The second-order valence-corrected chi connectivity index (χ2v) is 5.28. The minimum atomic E-state index is 0.255. The number of hydrogen-bond donors (Lipinski definition) is 0. The Morgan fingerprint density at radius 3 is 2.00 bits per heavy atom. The summed E-state index contributed by atoms with van der Waals surface area (Å²) in [6, 6.07) is 0. The number of hydrogen-bond acceptors (Lipinski definition) is 1. The summed E-state index contributed by atoms with van der Waals surface area (Å²) in [5.41, 5.74) is 0.648. The molecule has 1 heterocycles. The van der Waals surface area contributed by atoms with Crippen molar-refractivity contribution in [2.45, 2.75) is 46.1 Å². The summed E-state index contributed by atoms with van der Waals surface area (Å²) in [6.45, 7) is 10.5. The zero-order chi connectivity index (χ0) is 8.98. The largest absolute Gasteiger partial charge is 0.369 e. The van der Waals surface area contributed by atoms with Crippen LogP contribution in [0.2, 0.25) is 0 Å². The smallest absolute Gasteiger partial charge is 0.0994 e. The van der Waals surface area contributed by atoms with Gasteiger partial charge in [-0.05, 0) is 30.1 Å². The first-order chi connectivity index (χ1) is 5.51. The van der Waals surface area contributed by atoms with Gasteiger partial charge in [-0.3, -0.25) is 0 Å². The summed E-state index contributed by atoms with van der Waals surface area (Å²) in [7, 11) is 0. The van der Waals surface area contributed by atoms with E-state index in [-0.39, 0.29) is 5.60 Å². The molecular formula is C11H20O. The van der Waals surface area contributed by atoms with Gasteiger partial charge in [0.05, 0.1) is 12.2 Å². The van der Waals surface area contributed by atoms with Crippen LogP contribution in [-0.2, 0) is 4.74 Å². The molecule has 1 aliphatic heterocycles. The summed E-state index contributed by atoms with van der Waals surface area (Å²) >= 11 is 0. The van der Waals surface area contributed by atoms with Gasteiger partial charge in [-0.2, -0.15) is 0 Å². The molecule has 1 heteroatoms. The fraction of sp³-hybridized carbons (Fsp3) is 1.00. The minimum absolute atomic E-state index is 0.255. The molecule has 12 heavy (non-hydrogen) atoms. The van der Waals surface area contributed by atoms with E-state index in [1.807, 2.05) is 0 Å². The summed E-state index contributed by atoms with van der Waals surface area (Å²) < 4.78 is 5.73. The minimum Gasteiger partial charge on any atom is -0.369 e. The van der Waals surface area contributed by atoms with E-state index < -0.39 is 0 Å². The fourth-order valence-corrected chi connectivity index (χ4v) is 2.88. The number of epoxide rings is 1. The van der Waals surface area contributed by atoms with Gasteiger partial charge in [-0.25, -0.2) is 0 Å². The second-order valence-electron chi connectivity index (χ2n) is 5.28. The van der Waals surface area contributed by atoms with Crippen molar-refractivity contribution in [2.75, 3.05) is 6.61 Å². The van der Waals surface area contributed by atoms with Gasteiger partial charge in [0, 0.05) is 0 Å². The Balaban J connectivity index is 2.27.